The Bertz CT molecular complexity index is 1580. The number of aryl methyl sites for hydroxylation is 2. The molecule has 9 nitrogen and oxygen atoms in total. The number of carbonyl (C=O) groups excluding carboxylic acids is 1. The maximum atomic E-state index is 13.3. The average Bonchev–Trinajstić information content (AvgIpc) is 2.79. The van der Waals surface area contributed by atoms with Crippen LogP contribution in [0.2, 0.25) is 0 Å². The molecule has 11 heteroatoms. The SMILES string of the molecule is Cc1ccc(NC(=O)CSc2nc3ccccc3c(=O)n2-c2ncccc2C)cc1S(N)(=O)=O. The summed E-state index contributed by atoms with van der Waals surface area (Å²) >= 11 is 1.08. The topological polar surface area (TPSA) is 137 Å². The largest absolute Gasteiger partial charge is 0.325 e. The van der Waals surface area contributed by atoms with Crippen molar-refractivity contribution in [2.75, 3.05) is 11.1 Å². The maximum Gasteiger partial charge on any atom is 0.267 e. The van der Waals surface area contributed by atoms with Crippen molar-refractivity contribution in [1.29, 1.82) is 0 Å². The number of anilines is 1. The highest BCUT2D eigenvalue weighted by atomic mass is 32.2. The highest BCUT2D eigenvalue weighted by Gasteiger charge is 2.18. The van der Waals surface area contributed by atoms with Crippen molar-refractivity contribution in [3.05, 3.63) is 82.3 Å². The molecule has 0 saturated heterocycles. The minimum atomic E-state index is -3.92. The van der Waals surface area contributed by atoms with E-state index in [0.717, 1.165) is 17.3 Å². The van der Waals surface area contributed by atoms with E-state index in [9.17, 15) is 18.0 Å². The molecule has 0 saturated carbocycles. The Balaban J connectivity index is 1.65. The zero-order valence-electron chi connectivity index (χ0n) is 18.3. The first-order chi connectivity index (χ1) is 16.1. The molecule has 4 rings (SSSR count). The van der Waals surface area contributed by atoms with Crippen LogP contribution in [0.5, 0.6) is 0 Å². The zero-order valence-corrected chi connectivity index (χ0v) is 20.0. The van der Waals surface area contributed by atoms with Gasteiger partial charge >= 0.3 is 0 Å². The fourth-order valence-electron chi connectivity index (χ4n) is 3.42. The lowest BCUT2D eigenvalue weighted by atomic mass is 10.2. The fourth-order valence-corrected chi connectivity index (χ4v) is 5.02. The smallest absolute Gasteiger partial charge is 0.267 e. The number of benzene rings is 2. The lowest BCUT2D eigenvalue weighted by Gasteiger charge is -2.14. The molecule has 3 N–H and O–H groups in total. The normalized spacial score (nSPS) is 11.5. The van der Waals surface area contributed by atoms with E-state index in [1.807, 2.05) is 13.0 Å². The number of hydrogen-bond donors (Lipinski definition) is 2. The number of carbonyl (C=O) groups is 1. The van der Waals surface area contributed by atoms with Crippen molar-refractivity contribution in [3.63, 3.8) is 0 Å². The van der Waals surface area contributed by atoms with Crippen LogP contribution in [-0.2, 0) is 14.8 Å². The summed E-state index contributed by atoms with van der Waals surface area (Å²) in [6.45, 7) is 3.46. The Kier molecular flexibility index (Phi) is 6.51. The molecular weight excluding hydrogens is 474 g/mol. The molecule has 2 aromatic carbocycles. The Morgan fingerprint density at radius 3 is 2.59 bits per heavy atom. The van der Waals surface area contributed by atoms with E-state index < -0.39 is 15.9 Å². The summed E-state index contributed by atoms with van der Waals surface area (Å²) in [7, 11) is -3.92. The molecule has 2 heterocycles. The molecular formula is C23H21N5O4S2. The Morgan fingerprint density at radius 1 is 1.09 bits per heavy atom. The van der Waals surface area contributed by atoms with Crippen LogP contribution in [0.25, 0.3) is 16.7 Å². The van der Waals surface area contributed by atoms with Crippen LogP contribution < -0.4 is 16.0 Å². The van der Waals surface area contributed by atoms with Crippen molar-refractivity contribution in [2.24, 2.45) is 5.14 Å². The van der Waals surface area contributed by atoms with Gasteiger partial charge in [0, 0.05) is 11.9 Å². The minimum absolute atomic E-state index is 0.0615. The van der Waals surface area contributed by atoms with Gasteiger partial charge in [0.25, 0.3) is 5.56 Å². The predicted octanol–water partition coefficient (Wildman–Crippen LogP) is 2.78. The molecule has 0 bridgehead atoms. The molecule has 34 heavy (non-hydrogen) atoms. The number of nitrogens with one attached hydrogen (secondary N) is 1. The van der Waals surface area contributed by atoms with Gasteiger partial charge in [0.2, 0.25) is 15.9 Å². The molecule has 0 radical (unpaired) electrons. The highest BCUT2D eigenvalue weighted by Crippen LogP contribution is 2.23. The van der Waals surface area contributed by atoms with Crippen LogP contribution in [-0.4, -0.2) is 34.6 Å². The third-order valence-corrected chi connectivity index (χ3v) is 7.04. The lowest BCUT2D eigenvalue weighted by Crippen LogP contribution is -2.24. The highest BCUT2D eigenvalue weighted by molar-refractivity contribution is 7.99. The molecule has 4 aromatic rings. The number of hydrogen-bond acceptors (Lipinski definition) is 7. The lowest BCUT2D eigenvalue weighted by molar-refractivity contribution is -0.113. The molecule has 0 aliphatic rings. The van der Waals surface area contributed by atoms with Gasteiger partial charge in [0.15, 0.2) is 5.16 Å². The van der Waals surface area contributed by atoms with Gasteiger partial charge in [-0.25, -0.2) is 28.1 Å². The second kappa shape index (κ2) is 9.37. The van der Waals surface area contributed by atoms with Gasteiger partial charge < -0.3 is 5.32 Å². The van der Waals surface area contributed by atoms with E-state index in [1.54, 1.807) is 55.6 Å². The standard InChI is InChI=1S/C23H21N5O4S2/c1-14-9-10-16(12-19(14)34(24,31)32)26-20(29)13-33-23-27-18-8-4-3-7-17(18)22(30)28(23)21-15(2)6-5-11-25-21/h3-12H,13H2,1-2H3,(H,26,29)(H2,24,31,32). The molecule has 0 spiro atoms. The molecule has 0 unspecified atom stereocenters. The van der Waals surface area contributed by atoms with Crippen molar-refractivity contribution < 1.29 is 13.2 Å². The second-order valence-corrected chi connectivity index (χ2v) is 10.0. The number of primary sulfonamides is 1. The summed E-state index contributed by atoms with van der Waals surface area (Å²) in [5, 5.41) is 8.66. The van der Waals surface area contributed by atoms with Gasteiger partial charge in [-0.3, -0.25) is 9.59 Å². The van der Waals surface area contributed by atoms with Gasteiger partial charge in [-0.1, -0.05) is 36.0 Å². The maximum absolute atomic E-state index is 13.3. The van der Waals surface area contributed by atoms with Crippen LogP contribution >= 0.6 is 11.8 Å². The van der Waals surface area contributed by atoms with Crippen LogP contribution in [0.4, 0.5) is 5.69 Å². The average molecular weight is 496 g/mol. The molecule has 0 aliphatic heterocycles. The monoisotopic (exact) mass is 495 g/mol. The third kappa shape index (κ3) is 4.86. The van der Waals surface area contributed by atoms with Gasteiger partial charge in [0.05, 0.1) is 21.6 Å². The van der Waals surface area contributed by atoms with E-state index in [4.69, 9.17) is 5.14 Å². The first kappa shape index (κ1) is 23.6. The summed E-state index contributed by atoms with van der Waals surface area (Å²) in [6.07, 6.45) is 1.59. The quantitative estimate of drug-likeness (QED) is 0.310. The Labute approximate surface area is 200 Å². The van der Waals surface area contributed by atoms with E-state index in [-0.39, 0.29) is 16.2 Å². The zero-order chi connectivity index (χ0) is 24.5. The first-order valence-electron chi connectivity index (χ1n) is 10.1. The van der Waals surface area contributed by atoms with Gasteiger partial charge in [-0.15, -0.1) is 0 Å². The second-order valence-electron chi connectivity index (χ2n) is 7.56. The number of amides is 1. The van der Waals surface area contributed by atoms with Gasteiger partial charge in [-0.05, 0) is 55.3 Å². The number of pyridine rings is 1. The van der Waals surface area contributed by atoms with Gasteiger partial charge in [-0.2, -0.15) is 0 Å². The Hall–Kier alpha value is -3.54. The van der Waals surface area contributed by atoms with E-state index in [0.29, 0.717) is 33.1 Å². The van der Waals surface area contributed by atoms with Gasteiger partial charge in [0.1, 0.15) is 5.82 Å². The number of fused-ring (bicyclic) bond motifs is 1. The fraction of sp³-hybridized carbons (Fsp3) is 0.130. The molecule has 1 amide bonds. The van der Waals surface area contributed by atoms with Crippen LogP contribution in [0.3, 0.4) is 0 Å². The van der Waals surface area contributed by atoms with Crippen molar-refractivity contribution in [2.45, 2.75) is 23.9 Å². The Morgan fingerprint density at radius 2 is 1.85 bits per heavy atom. The number of nitrogens with zero attached hydrogens (tertiary/aromatic N) is 3. The van der Waals surface area contributed by atoms with Crippen LogP contribution in [0.1, 0.15) is 11.1 Å². The molecule has 2 aromatic heterocycles. The number of nitrogens with two attached hydrogens (primary N) is 1. The molecule has 0 atom stereocenters. The summed E-state index contributed by atoms with van der Waals surface area (Å²) in [6, 6.07) is 15.1. The van der Waals surface area contributed by atoms with Crippen molar-refractivity contribution in [1.82, 2.24) is 14.5 Å². The molecule has 0 fully saturated rings. The number of aromatic nitrogens is 3. The van der Waals surface area contributed by atoms with E-state index in [1.165, 1.54) is 10.6 Å². The molecule has 174 valence electrons. The number of para-hydroxylation sites is 1. The summed E-state index contributed by atoms with van der Waals surface area (Å²) in [5.41, 5.74) is 1.78. The van der Waals surface area contributed by atoms with E-state index >= 15 is 0 Å². The van der Waals surface area contributed by atoms with Crippen molar-refractivity contribution >= 4 is 44.3 Å². The van der Waals surface area contributed by atoms with Crippen LogP contribution in [0.15, 0.2) is 75.6 Å². The van der Waals surface area contributed by atoms with E-state index in [2.05, 4.69) is 15.3 Å². The number of sulfonamides is 1. The summed E-state index contributed by atoms with van der Waals surface area (Å²) in [4.78, 5) is 34.8. The summed E-state index contributed by atoms with van der Waals surface area (Å²) < 4.78 is 24.9. The van der Waals surface area contributed by atoms with Crippen molar-refractivity contribution in [3.8, 4) is 5.82 Å². The molecule has 0 aliphatic carbocycles. The first-order valence-corrected chi connectivity index (χ1v) is 12.7. The minimum Gasteiger partial charge on any atom is -0.325 e. The summed E-state index contributed by atoms with van der Waals surface area (Å²) in [5.74, 6) is -0.0409. The third-order valence-electron chi connectivity index (χ3n) is 5.05. The number of rotatable bonds is 6. The predicted molar refractivity (Wildman–Crippen MR) is 132 cm³/mol. The number of thioether (sulfide) groups is 1. The van der Waals surface area contributed by atoms with Crippen LogP contribution in [0, 0.1) is 13.8 Å².